The summed E-state index contributed by atoms with van der Waals surface area (Å²) < 4.78 is 4.90. The summed E-state index contributed by atoms with van der Waals surface area (Å²) in [6.45, 7) is 3.82. The summed E-state index contributed by atoms with van der Waals surface area (Å²) >= 11 is 0. The Bertz CT molecular complexity index is 601. The van der Waals surface area contributed by atoms with Gasteiger partial charge in [-0.2, -0.15) is 10.4 Å². The number of ether oxygens (including phenoxy) is 1. The minimum Gasteiger partial charge on any atom is -0.462 e. The summed E-state index contributed by atoms with van der Waals surface area (Å²) in [6.07, 6.45) is 0. The Kier molecular flexibility index (Phi) is 5.23. The van der Waals surface area contributed by atoms with E-state index < -0.39 is 11.8 Å². The van der Waals surface area contributed by atoms with E-state index in [2.05, 4.69) is 10.5 Å². The van der Waals surface area contributed by atoms with E-state index in [1.807, 2.05) is 6.92 Å². The molecule has 0 unspecified atom stereocenters. The summed E-state index contributed by atoms with van der Waals surface area (Å²) in [6, 6.07) is 6.62. The predicted molar refractivity (Wildman–Crippen MR) is 75.7 cm³/mol. The maximum absolute atomic E-state index is 11.6. The molecule has 4 N–H and O–H groups in total. The van der Waals surface area contributed by atoms with E-state index in [4.69, 9.17) is 21.1 Å². The Hall–Kier alpha value is -2.88. The molecule has 7 nitrogen and oxygen atoms in total. The van der Waals surface area contributed by atoms with Gasteiger partial charge in [-0.3, -0.25) is 10.8 Å². The van der Waals surface area contributed by atoms with Gasteiger partial charge in [0.15, 0.2) is 5.84 Å². The number of nitriles is 1. The summed E-state index contributed by atoms with van der Waals surface area (Å²) in [7, 11) is 0. The van der Waals surface area contributed by atoms with Gasteiger partial charge in [-0.15, -0.1) is 0 Å². The van der Waals surface area contributed by atoms with Crippen molar-refractivity contribution in [3.63, 3.8) is 0 Å². The van der Waals surface area contributed by atoms with Gasteiger partial charge < -0.3 is 10.5 Å². The maximum atomic E-state index is 11.6. The molecule has 0 aromatic heterocycles. The highest BCUT2D eigenvalue weighted by Gasteiger charge is 2.09. The zero-order valence-corrected chi connectivity index (χ0v) is 11.2. The molecule has 0 aliphatic rings. The van der Waals surface area contributed by atoms with Gasteiger partial charge in [-0.1, -0.05) is 6.07 Å². The zero-order valence-electron chi connectivity index (χ0n) is 11.2. The second kappa shape index (κ2) is 6.89. The van der Waals surface area contributed by atoms with Crippen molar-refractivity contribution in [2.75, 3.05) is 12.0 Å². The molecular weight excluding hydrogens is 258 g/mol. The third-order valence-corrected chi connectivity index (χ3v) is 2.40. The normalized spacial score (nSPS) is 10.6. The lowest BCUT2D eigenvalue weighted by molar-refractivity contribution is 0.0526. The van der Waals surface area contributed by atoms with Gasteiger partial charge in [0.05, 0.1) is 17.9 Å². The van der Waals surface area contributed by atoms with E-state index in [0.717, 1.165) is 5.56 Å². The van der Waals surface area contributed by atoms with Crippen LogP contribution >= 0.6 is 0 Å². The summed E-state index contributed by atoms with van der Waals surface area (Å²) in [4.78, 5) is 11.6. The number of benzene rings is 1. The first-order valence-corrected chi connectivity index (χ1v) is 5.85. The molecule has 104 valence electrons. The van der Waals surface area contributed by atoms with Gasteiger partial charge in [0.1, 0.15) is 6.07 Å². The van der Waals surface area contributed by atoms with Crippen molar-refractivity contribution in [3.8, 4) is 6.07 Å². The molecule has 0 saturated heterocycles. The maximum Gasteiger partial charge on any atom is 0.338 e. The van der Waals surface area contributed by atoms with Gasteiger partial charge in [-0.05, 0) is 31.5 Å². The van der Waals surface area contributed by atoms with Crippen LogP contribution in [-0.4, -0.2) is 24.1 Å². The number of hydrogen-bond acceptors (Lipinski definition) is 6. The van der Waals surface area contributed by atoms with Gasteiger partial charge in [0.25, 0.3) is 0 Å². The highest BCUT2D eigenvalue weighted by atomic mass is 16.5. The molecular formula is C13H15N5O2. The standard InChI is InChI=1S/C13H15N5O2/c1-3-20-13(19)9-5-4-8(2)10(6-9)17-18-11(7-14)12(15)16/h4-6,17H,3H2,1-2H3,(H3,15,16)/b18-11+. The Morgan fingerprint density at radius 1 is 1.60 bits per heavy atom. The molecule has 20 heavy (non-hydrogen) atoms. The van der Waals surface area contributed by atoms with Crippen LogP contribution in [0.3, 0.4) is 0 Å². The monoisotopic (exact) mass is 273 g/mol. The van der Waals surface area contributed by atoms with Crippen LogP contribution in [0, 0.1) is 23.7 Å². The fourth-order valence-corrected chi connectivity index (χ4v) is 1.35. The molecule has 0 heterocycles. The van der Waals surface area contributed by atoms with Crippen molar-refractivity contribution in [3.05, 3.63) is 29.3 Å². The molecule has 1 rings (SSSR count). The van der Waals surface area contributed by atoms with Crippen molar-refractivity contribution in [1.29, 1.82) is 10.7 Å². The molecule has 0 aliphatic heterocycles. The number of nitrogens with zero attached hydrogens (tertiary/aromatic N) is 2. The van der Waals surface area contributed by atoms with Crippen molar-refractivity contribution in [1.82, 2.24) is 0 Å². The molecule has 0 amide bonds. The fourth-order valence-electron chi connectivity index (χ4n) is 1.35. The van der Waals surface area contributed by atoms with Gasteiger partial charge in [-0.25, -0.2) is 4.79 Å². The summed E-state index contributed by atoms with van der Waals surface area (Å²) in [5.74, 6) is -0.870. The summed E-state index contributed by atoms with van der Waals surface area (Å²) in [5, 5.41) is 19.6. The van der Waals surface area contributed by atoms with Crippen LogP contribution in [0.2, 0.25) is 0 Å². The molecule has 0 bridgehead atoms. The predicted octanol–water partition coefficient (Wildman–Crippen LogP) is 1.40. The molecule has 0 aliphatic carbocycles. The Morgan fingerprint density at radius 2 is 2.30 bits per heavy atom. The van der Waals surface area contributed by atoms with Crippen LogP contribution in [-0.2, 0) is 4.74 Å². The lowest BCUT2D eigenvalue weighted by atomic mass is 10.1. The largest absolute Gasteiger partial charge is 0.462 e. The van der Waals surface area contributed by atoms with Crippen LogP contribution in [0.5, 0.6) is 0 Å². The number of hydrazone groups is 1. The number of anilines is 1. The molecule has 0 saturated carbocycles. The average Bonchev–Trinajstić information content (AvgIpc) is 2.41. The van der Waals surface area contributed by atoms with Crippen molar-refractivity contribution >= 4 is 23.2 Å². The lowest BCUT2D eigenvalue weighted by Crippen LogP contribution is -2.22. The Balaban J connectivity index is 3.01. The first-order chi connectivity index (χ1) is 9.49. The van der Waals surface area contributed by atoms with Gasteiger partial charge in [0, 0.05) is 0 Å². The number of rotatable bonds is 5. The second-order valence-corrected chi connectivity index (χ2v) is 3.85. The number of esters is 1. The number of nitrogens with two attached hydrogens (primary N) is 1. The van der Waals surface area contributed by atoms with E-state index in [1.54, 1.807) is 31.2 Å². The van der Waals surface area contributed by atoms with Crippen LogP contribution in [0.15, 0.2) is 23.3 Å². The first-order valence-electron chi connectivity index (χ1n) is 5.85. The van der Waals surface area contributed by atoms with Crippen molar-refractivity contribution < 1.29 is 9.53 Å². The number of carbonyl (C=O) groups is 1. The average molecular weight is 273 g/mol. The highest BCUT2D eigenvalue weighted by molar-refractivity contribution is 6.45. The fraction of sp³-hybridized carbons (Fsp3) is 0.231. The minimum absolute atomic E-state index is 0.231. The highest BCUT2D eigenvalue weighted by Crippen LogP contribution is 2.17. The lowest BCUT2D eigenvalue weighted by Gasteiger charge is -2.08. The Labute approximate surface area is 116 Å². The molecule has 0 fully saturated rings. The molecule has 7 heteroatoms. The quantitative estimate of drug-likeness (QED) is 0.323. The van der Waals surface area contributed by atoms with Crippen LogP contribution in [0.4, 0.5) is 5.69 Å². The number of aryl methyl sites for hydroxylation is 1. The van der Waals surface area contributed by atoms with E-state index in [-0.39, 0.29) is 12.3 Å². The SMILES string of the molecule is CCOC(=O)c1ccc(C)c(N/N=C(\C#N)C(=N)N)c1. The summed E-state index contributed by atoms with van der Waals surface area (Å²) in [5.41, 5.74) is 9.30. The van der Waals surface area contributed by atoms with Gasteiger partial charge in [0.2, 0.25) is 5.71 Å². The number of carbonyl (C=O) groups excluding carboxylic acids is 1. The van der Waals surface area contributed by atoms with Crippen LogP contribution in [0.1, 0.15) is 22.8 Å². The third-order valence-electron chi connectivity index (χ3n) is 2.40. The van der Waals surface area contributed by atoms with E-state index >= 15 is 0 Å². The minimum atomic E-state index is -0.438. The second-order valence-electron chi connectivity index (χ2n) is 3.85. The van der Waals surface area contributed by atoms with Crippen LogP contribution < -0.4 is 11.2 Å². The molecule has 0 spiro atoms. The zero-order chi connectivity index (χ0) is 15.1. The van der Waals surface area contributed by atoms with E-state index in [0.29, 0.717) is 11.3 Å². The number of hydrogen-bond donors (Lipinski definition) is 3. The third kappa shape index (κ3) is 3.81. The molecule has 1 aromatic carbocycles. The van der Waals surface area contributed by atoms with Gasteiger partial charge >= 0.3 is 5.97 Å². The van der Waals surface area contributed by atoms with Crippen LogP contribution in [0.25, 0.3) is 0 Å². The number of nitrogens with one attached hydrogen (secondary N) is 2. The smallest absolute Gasteiger partial charge is 0.338 e. The number of amidine groups is 1. The molecule has 1 aromatic rings. The molecule has 0 radical (unpaired) electrons. The van der Waals surface area contributed by atoms with E-state index in [1.165, 1.54) is 0 Å². The van der Waals surface area contributed by atoms with Crippen molar-refractivity contribution in [2.24, 2.45) is 10.8 Å². The topological polar surface area (TPSA) is 124 Å². The Morgan fingerprint density at radius 3 is 2.85 bits per heavy atom. The first kappa shape index (κ1) is 15.2. The van der Waals surface area contributed by atoms with E-state index in [9.17, 15) is 4.79 Å². The van der Waals surface area contributed by atoms with Crippen molar-refractivity contribution in [2.45, 2.75) is 13.8 Å². The molecule has 0 atom stereocenters.